The van der Waals surface area contributed by atoms with Gasteiger partial charge in [0.15, 0.2) is 5.67 Å². The number of rotatable bonds is 7. The zero-order chi connectivity index (χ0) is 20.4. The van der Waals surface area contributed by atoms with Gasteiger partial charge in [-0.15, -0.1) is 0 Å². The summed E-state index contributed by atoms with van der Waals surface area (Å²) in [6, 6.07) is 0. The maximum absolute atomic E-state index is 13.6. The molecule has 0 aliphatic carbocycles. The second-order valence-corrected chi connectivity index (χ2v) is 8.12. The van der Waals surface area contributed by atoms with Crippen LogP contribution in [-0.2, 0) is 13.6 Å². The van der Waals surface area contributed by atoms with E-state index in [1.165, 1.54) is 27.7 Å². The molecule has 0 saturated carbocycles. The average molecular weight is 403 g/mol. The Morgan fingerprint density at radius 2 is 1.23 bits per heavy atom. The van der Waals surface area contributed by atoms with E-state index in [4.69, 9.17) is 14.6 Å². The van der Waals surface area contributed by atoms with Gasteiger partial charge < -0.3 is 24.1 Å². The predicted octanol–water partition coefficient (Wildman–Crippen LogP) is 1.94. The average Bonchev–Trinajstić information content (AvgIpc) is 2.52. The van der Waals surface area contributed by atoms with Crippen LogP contribution >= 0.6 is 0 Å². The highest BCUT2D eigenvalue weighted by molar-refractivity contribution is 6.65. The van der Waals surface area contributed by atoms with E-state index in [1.807, 2.05) is 0 Å². The summed E-state index contributed by atoms with van der Waals surface area (Å²) < 4.78 is 81.0. The summed E-state index contributed by atoms with van der Waals surface area (Å²) in [7, 11) is -4.47. The quantitative estimate of drug-likeness (QED) is 0.181. The molecule has 1 rings (SSSR count). The van der Waals surface area contributed by atoms with Crippen molar-refractivity contribution < 1.29 is 45.1 Å². The van der Waals surface area contributed by atoms with E-state index >= 15 is 0 Å². The second kappa shape index (κ2) is 8.39. The SMILES string of the molecule is CC(C)O[Si](O)(OC(C)C)C(N)C(=O)Oc1c(F)c(F)c(F)c(F)c1F. The molecule has 0 amide bonds. The molecule has 0 radical (unpaired) electrons. The third kappa shape index (κ3) is 4.76. The number of esters is 1. The van der Waals surface area contributed by atoms with Crippen LogP contribution in [0.15, 0.2) is 0 Å². The van der Waals surface area contributed by atoms with Crippen LogP contribution in [0.3, 0.4) is 0 Å². The second-order valence-electron chi connectivity index (χ2n) is 5.76. The predicted molar refractivity (Wildman–Crippen MR) is 80.3 cm³/mol. The molecule has 0 fully saturated rings. The molecule has 0 aliphatic rings. The van der Waals surface area contributed by atoms with Crippen molar-refractivity contribution >= 4 is 14.8 Å². The number of hydrogen-bond acceptors (Lipinski definition) is 6. The highest BCUT2D eigenvalue weighted by Gasteiger charge is 2.51. The minimum Gasteiger partial charge on any atom is -0.419 e. The Hall–Kier alpha value is -1.60. The Bertz CT molecular complexity index is 649. The molecule has 148 valence electrons. The molecule has 0 spiro atoms. The normalized spacial score (nSPS) is 13.4. The van der Waals surface area contributed by atoms with Crippen molar-refractivity contribution in [3.63, 3.8) is 0 Å². The summed E-state index contributed by atoms with van der Waals surface area (Å²) >= 11 is 0. The molecule has 1 aromatic rings. The van der Waals surface area contributed by atoms with E-state index in [1.54, 1.807) is 0 Å². The lowest BCUT2D eigenvalue weighted by Gasteiger charge is -2.31. The molecule has 1 aromatic carbocycles. The van der Waals surface area contributed by atoms with E-state index < -0.39 is 67.5 Å². The van der Waals surface area contributed by atoms with Gasteiger partial charge in [-0.2, -0.15) is 8.78 Å². The van der Waals surface area contributed by atoms with E-state index in [2.05, 4.69) is 4.74 Å². The molecule has 1 atom stereocenters. The number of carbonyl (C=O) groups excluding carboxylic acids is 1. The van der Waals surface area contributed by atoms with Crippen molar-refractivity contribution in [1.82, 2.24) is 0 Å². The fraction of sp³-hybridized carbons (Fsp3) is 0.500. The standard InChI is InChI=1S/C14H18F5NO5Si/c1-5(2)24-26(22,25-6(3)4)13(20)14(21)23-12-10(18)8(16)7(15)9(17)11(12)19/h5-6,13,22H,20H2,1-4H3. The fourth-order valence-corrected chi connectivity index (χ4v) is 3.89. The van der Waals surface area contributed by atoms with Gasteiger partial charge in [0, 0.05) is 12.2 Å². The molecule has 3 N–H and O–H groups in total. The number of hydrogen-bond donors (Lipinski definition) is 2. The molecule has 26 heavy (non-hydrogen) atoms. The van der Waals surface area contributed by atoms with Crippen LogP contribution in [0.2, 0.25) is 0 Å². The lowest BCUT2D eigenvalue weighted by molar-refractivity contribution is -0.136. The molecule has 0 heterocycles. The van der Waals surface area contributed by atoms with Crippen LogP contribution in [0, 0.1) is 29.1 Å². The summed E-state index contributed by atoms with van der Waals surface area (Å²) in [4.78, 5) is 22.5. The van der Waals surface area contributed by atoms with Crippen LogP contribution in [0.4, 0.5) is 22.0 Å². The molecular weight excluding hydrogens is 385 g/mol. The van der Waals surface area contributed by atoms with E-state index in [0.29, 0.717) is 0 Å². The molecule has 0 bridgehead atoms. The Morgan fingerprint density at radius 3 is 1.58 bits per heavy atom. The lowest BCUT2D eigenvalue weighted by Crippen LogP contribution is -2.64. The van der Waals surface area contributed by atoms with Crippen LogP contribution in [0.25, 0.3) is 0 Å². The number of benzene rings is 1. The van der Waals surface area contributed by atoms with Crippen LogP contribution < -0.4 is 10.5 Å². The molecule has 6 nitrogen and oxygen atoms in total. The minimum atomic E-state index is -4.47. The monoisotopic (exact) mass is 403 g/mol. The van der Waals surface area contributed by atoms with Gasteiger partial charge in [-0.3, -0.25) is 0 Å². The molecule has 0 aromatic heterocycles. The Morgan fingerprint density at radius 1 is 0.885 bits per heavy atom. The zero-order valence-electron chi connectivity index (χ0n) is 14.3. The molecule has 0 aliphatic heterocycles. The Kier molecular flexibility index (Phi) is 7.24. The minimum absolute atomic E-state index is 0.654. The first kappa shape index (κ1) is 22.4. The number of nitrogens with two attached hydrogens (primary N) is 1. The van der Waals surface area contributed by atoms with Crippen molar-refractivity contribution in [2.24, 2.45) is 5.73 Å². The van der Waals surface area contributed by atoms with Crippen LogP contribution in [0.5, 0.6) is 5.75 Å². The number of ether oxygens (including phenoxy) is 1. The first-order chi connectivity index (χ1) is 11.8. The smallest absolute Gasteiger partial charge is 0.419 e. The first-order valence-corrected chi connectivity index (χ1v) is 9.22. The van der Waals surface area contributed by atoms with Crippen molar-refractivity contribution in [1.29, 1.82) is 0 Å². The summed E-state index contributed by atoms with van der Waals surface area (Å²) in [5, 5.41) is 0. The maximum atomic E-state index is 13.6. The summed E-state index contributed by atoms with van der Waals surface area (Å²) in [6.45, 7) is 5.96. The summed E-state index contributed by atoms with van der Waals surface area (Å²) in [5.41, 5.74) is 3.47. The van der Waals surface area contributed by atoms with Gasteiger partial charge in [0.1, 0.15) is 0 Å². The van der Waals surface area contributed by atoms with Gasteiger partial charge in [0.25, 0.3) is 0 Å². The number of carbonyl (C=O) groups is 1. The highest BCUT2D eigenvalue weighted by Crippen LogP contribution is 2.29. The van der Waals surface area contributed by atoms with Gasteiger partial charge in [-0.25, -0.2) is 18.0 Å². The van der Waals surface area contributed by atoms with Gasteiger partial charge in [0.05, 0.1) is 0 Å². The van der Waals surface area contributed by atoms with Gasteiger partial charge in [0.2, 0.25) is 34.8 Å². The topological polar surface area (TPSA) is 91.0 Å². The number of halogens is 5. The van der Waals surface area contributed by atoms with Gasteiger partial charge in [-0.1, -0.05) is 0 Å². The van der Waals surface area contributed by atoms with Crippen molar-refractivity contribution in [2.75, 3.05) is 0 Å². The summed E-state index contributed by atoms with van der Waals surface area (Å²) in [5.74, 6) is -15.3. The maximum Gasteiger partial charge on any atom is 0.528 e. The molecule has 1 unspecified atom stereocenters. The lowest BCUT2D eigenvalue weighted by atomic mass is 10.2. The molecule has 0 saturated heterocycles. The van der Waals surface area contributed by atoms with E-state index in [9.17, 15) is 31.5 Å². The van der Waals surface area contributed by atoms with Crippen LogP contribution in [0.1, 0.15) is 27.7 Å². The van der Waals surface area contributed by atoms with Gasteiger partial charge in [-0.05, 0) is 27.7 Å². The summed E-state index contributed by atoms with van der Waals surface area (Å²) in [6.07, 6.45) is -1.31. The van der Waals surface area contributed by atoms with E-state index in [-0.39, 0.29) is 0 Å². The Balaban J connectivity index is 3.20. The van der Waals surface area contributed by atoms with E-state index in [0.717, 1.165) is 0 Å². The largest absolute Gasteiger partial charge is 0.528 e. The molecular formula is C14H18F5NO5Si. The van der Waals surface area contributed by atoms with Gasteiger partial charge >= 0.3 is 14.8 Å². The fourth-order valence-electron chi connectivity index (χ4n) is 1.84. The first-order valence-electron chi connectivity index (χ1n) is 7.38. The van der Waals surface area contributed by atoms with Crippen molar-refractivity contribution in [2.45, 2.75) is 45.6 Å². The van der Waals surface area contributed by atoms with Crippen molar-refractivity contribution in [3.05, 3.63) is 29.1 Å². The van der Waals surface area contributed by atoms with Crippen LogP contribution in [-0.4, -0.2) is 37.4 Å². The zero-order valence-corrected chi connectivity index (χ0v) is 15.3. The molecule has 12 heteroatoms. The third-order valence-electron chi connectivity index (χ3n) is 2.83. The Labute approximate surface area is 147 Å². The highest BCUT2D eigenvalue weighted by atomic mass is 28.4. The van der Waals surface area contributed by atoms with Crippen molar-refractivity contribution in [3.8, 4) is 5.75 Å². The third-order valence-corrected chi connectivity index (χ3v) is 5.47.